The molecule has 1 N–H and O–H groups in total. The Balaban J connectivity index is 1.99. The Morgan fingerprint density at radius 1 is 1.04 bits per heavy atom. The number of carbonyl (C=O) groups is 2. The van der Waals surface area contributed by atoms with Gasteiger partial charge in [0.25, 0.3) is 0 Å². The number of anilines is 1. The molecule has 2 aromatic rings. The average molecular weight is 313 g/mol. The summed E-state index contributed by atoms with van der Waals surface area (Å²) in [4.78, 5) is 22.4. The maximum atomic E-state index is 11.7. The van der Waals surface area contributed by atoms with E-state index in [1.807, 2.05) is 0 Å². The summed E-state index contributed by atoms with van der Waals surface area (Å²) in [5, 5.41) is 2.64. The van der Waals surface area contributed by atoms with E-state index in [-0.39, 0.29) is 0 Å². The van der Waals surface area contributed by atoms with Gasteiger partial charge in [-0.3, -0.25) is 10.1 Å². The number of rotatable bonds is 4. The van der Waals surface area contributed by atoms with Gasteiger partial charge >= 0.3 is 6.09 Å². The Hall–Kier alpha value is -2.82. The van der Waals surface area contributed by atoms with Gasteiger partial charge in [-0.2, -0.15) is 0 Å². The van der Waals surface area contributed by atoms with E-state index in [0.717, 1.165) is 6.29 Å². The lowest BCUT2D eigenvalue weighted by molar-refractivity contribution is 0.0636. The molecule has 2 rings (SSSR count). The van der Waals surface area contributed by atoms with Crippen molar-refractivity contribution in [3.05, 3.63) is 54.1 Å². The van der Waals surface area contributed by atoms with Crippen molar-refractivity contribution in [3.63, 3.8) is 0 Å². The number of ether oxygens (including phenoxy) is 2. The SMILES string of the molecule is CC(C)(C)OC(=O)Nc1ccc(Oc2cccc(C=O)c2)cc1. The van der Waals surface area contributed by atoms with Crippen LogP contribution < -0.4 is 10.1 Å². The number of benzene rings is 2. The maximum absolute atomic E-state index is 11.7. The van der Waals surface area contributed by atoms with Gasteiger partial charge in [-0.1, -0.05) is 12.1 Å². The van der Waals surface area contributed by atoms with E-state index >= 15 is 0 Å². The molecule has 0 spiro atoms. The standard InChI is InChI=1S/C18H19NO4/c1-18(2,3)23-17(21)19-14-7-9-15(10-8-14)22-16-6-4-5-13(11-16)12-20/h4-12H,1-3H3,(H,19,21). The zero-order valence-electron chi connectivity index (χ0n) is 13.3. The topological polar surface area (TPSA) is 64.6 Å². The van der Waals surface area contributed by atoms with Crippen LogP contribution in [-0.2, 0) is 4.74 Å². The number of hydrogen-bond donors (Lipinski definition) is 1. The summed E-state index contributed by atoms with van der Waals surface area (Å²) in [6.07, 6.45) is 0.255. The third-order valence-corrected chi connectivity index (χ3v) is 2.73. The van der Waals surface area contributed by atoms with Gasteiger partial charge in [0.1, 0.15) is 23.4 Å². The smallest absolute Gasteiger partial charge is 0.412 e. The van der Waals surface area contributed by atoms with Crippen LogP contribution in [0.4, 0.5) is 10.5 Å². The molecular formula is C18H19NO4. The lowest BCUT2D eigenvalue weighted by atomic mass is 10.2. The highest BCUT2D eigenvalue weighted by Gasteiger charge is 2.16. The van der Waals surface area contributed by atoms with Crippen LogP contribution >= 0.6 is 0 Å². The first kappa shape index (κ1) is 16.5. The monoisotopic (exact) mass is 313 g/mol. The zero-order valence-corrected chi connectivity index (χ0v) is 13.3. The average Bonchev–Trinajstić information content (AvgIpc) is 2.47. The van der Waals surface area contributed by atoms with E-state index in [2.05, 4.69) is 5.32 Å². The summed E-state index contributed by atoms with van der Waals surface area (Å²) in [7, 11) is 0. The molecule has 0 aromatic heterocycles. The Labute approximate surface area is 135 Å². The second kappa shape index (κ2) is 6.96. The quantitative estimate of drug-likeness (QED) is 0.835. The Kier molecular flexibility index (Phi) is 5.01. The fourth-order valence-corrected chi connectivity index (χ4v) is 1.82. The molecule has 0 aliphatic rings. The summed E-state index contributed by atoms with van der Waals surface area (Å²) >= 11 is 0. The van der Waals surface area contributed by atoms with Crippen LogP contribution in [-0.4, -0.2) is 18.0 Å². The van der Waals surface area contributed by atoms with Gasteiger partial charge in [0.2, 0.25) is 0 Å². The summed E-state index contributed by atoms with van der Waals surface area (Å²) in [6, 6.07) is 13.7. The predicted molar refractivity (Wildman–Crippen MR) is 88.2 cm³/mol. The third kappa shape index (κ3) is 5.47. The molecule has 23 heavy (non-hydrogen) atoms. The highest BCUT2D eigenvalue weighted by molar-refractivity contribution is 5.84. The van der Waals surface area contributed by atoms with Crippen molar-refractivity contribution in [1.29, 1.82) is 0 Å². The van der Waals surface area contributed by atoms with Crippen LogP contribution in [0, 0.1) is 0 Å². The number of aldehydes is 1. The molecule has 2 aromatic carbocycles. The van der Waals surface area contributed by atoms with E-state index in [0.29, 0.717) is 22.7 Å². The lowest BCUT2D eigenvalue weighted by Crippen LogP contribution is -2.27. The van der Waals surface area contributed by atoms with Crippen molar-refractivity contribution in [2.75, 3.05) is 5.32 Å². The summed E-state index contributed by atoms with van der Waals surface area (Å²) in [6.45, 7) is 5.41. The minimum absolute atomic E-state index is 0.509. The van der Waals surface area contributed by atoms with Crippen molar-refractivity contribution >= 4 is 18.1 Å². The van der Waals surface area contributed by atoms with Crippen molar-refractivity contribution in [2.45, 2.75) is 26.4 Å². The molecule has 0 atom stereocenters. The van der Waals surface area contributed by atoms with E-state index in [1.165, 1.54) is 0 Å². The van der Waals surface area contributed by atoms with Crippen molar-refractivity contribution in [2.24, 2.45) is 0 Å². The summed E-state index contributed by atoms with van der Waals surface area (Å²) in [5.41, 5.74) is 0.607. The predicted octanol–water partition coefficient (Wildman–Crippen LogP) is 4.64. The molecule has 0 fully saturated rings. The van der Waals surface area contributed by atoms with Crippen LogP contribution in [0.15, 0.2) is 48.5 Å². The molecule has 5 nitrogen and oxygen atoms in total. The minimum atomic E-state index is -0.545. The van der Waals surface area contributed by atoms with Crippen molar-refractivity contribution in [3.8, 4) is 11.5 Å². The Bertz CT molecular complexity index is 687. The summed E-state index contributed by atoms with van der Waals surface area (Å²) < 4.78 is 10.8. The van der Waals surface area contributed by atoms with Gasteiger partial charge < -0.3 is 9.47 Å². The Morgan fingerprint density at radius 3 is 2.35 bits per heavy atom. The maximum Gasteiger partial charge on any atom is 0.412 e. The lowest BCUT2D eigenvalue weighted by Gasteiger charge is -2.19. The van der Waals surface area contributed by atoms with Crippen LogP contribution in [0.2, 0.25) is 0 Å². The number of carbonyl (C=O) groups excluding carboxylic acids is 2. The van der Waals surface area contributed by atoms with Crippen molar-refractivity contribution < 1.29 is 19.1 Å². The normalized spacial score (nSPS) is 10.7. The molecular weight excluding hydrogens is 294 g/mol. The third-order valence-electron chi connectivity index (χ3n) is 2.73. The summed E-state index contributed by atoms with van der Waals surface area (Å²) in [5.74, 6) is 1.17. The first-order valence-electron chi connectivity index (χ1n) is 7.19. The molecule has 0 radical (unpaired) electrons. The van der Waals surface area contributed by atoms with E-state index in [1.54, 1.807) is 69.3 Å². The van der Waals surface area contributed by atoms with Gasteiger partial charge in [-0.25, -0.2) is 4.79 Å². The van der Waals surface area contributed by atoms with Crippen LogP contribution in [0.1, 0.15) is 31.1 Å². The highest BCUT2D eigenvalue weighted by Crippen LogP contribution is 2.23. The fraction of sp³-hybridized carbons (Fsp3) is 0.222. The van der Waals surface area contributed by atoms with Gasteiger partial charge in [0, 0.05) is 11.3 Å². The first-order chi connectivity index (χ1) is 10.9. The molecule has 1 amide bonds. The molecule has 0 bridgehead atoms. The highest BCUT2D eigenvalue weighted by atomic mass is 16.6. The second-order valence-electron chi connectivity index (χ2n) is 5.94. The van der Waals surface area contributed by atoms with Crippen LogP contribution in [0.5, 0.6) is 11.5 Å². The van der Waals surface area contributed by atoms with Crippen LogP contribution in [0.3, 0.4) is 0 Å². The Morgan fingerprint density at radius 2 is 1.74 bits per heavy atom. The van der Waals surface area contributed by atoms with Gasteiger partial charge in [0.05, 0.1) is 0 Å². The molecule has 0 saturated heterocycles. The van der Waals surface area contributed by atoms with Gasteiger partial charge in [-0.15, -0.1) is 0 Å². The zero-order chi connectivity index (χ0) is 16.9. The fourth-order valence-electron chi connectivity index (χ4n) is 1.82. The van der Waals surface area contributed by atoms with Gasteiger partial charge in [-0.05, 0) is 57.2 Å². The second-order valence-corrected chi connectivity index (χ2v) is 5.94. The number of amides is 1. The largest absolute Gasteiger partial charge is 0.457 e. The van der Waals surface area contributed by atoms with Crippen molar-refractivity contribution in [1.82, 2.24) is 0 Å². The van der Waals surface area contributed by atoms with E-state index < -0.39 is 11.7 Å². The number of nitrogens with one attached hydrogen (secondary N) is 1. The minimum Gasteiger partial charge on any atom is -0.457 e. The number of hydrogen-bond acceptors (Lipinski definition) is 4. The molecule has 5 heteroatoms. The molecule has 0 aliphatic carbocycles. The molecule has 0 aliphatic heterocycles. The van der Waals surface area contributed by atoms with Crippen LogP contribution in [0.25, 0.3) is 0 Å². The van der Waals surface area contributed by atoms with E-state index in [4.69, 9.17) is 9.47 Å². The van der Waals surface area contributed by atoms with E-state index in [9.17, 15) is 9.59 Å². The van der Waals surface area contributed by atoms with Gasteiger partial charge in [0.15, 0.2) is 0 Å². The first-order valence-corrected chi connectivity index (χ1v) is 7.19. The molecule has 0 saturated carbocycles. The molecule has 0 heterocycles. The molecule has 0 unspecified atom stereocenters. The molecule has 120 valence electrons.